The summed E-state index contributed by atoms with van der Waals surface area (Å²) in [4.78, 5) is 31.9. The van der Waals surface area contributed by atoms with Crippen LogP contribution in [-0.2, 0) is 12.7 Å². The molecule has 4 rings (SSSR count). The molecule has 37 heavy (non-hydrogen) atoms. The van der Waals surface area contributed by atoms with Gasteiger partial charge in [0.2, 0.25) is 0 Å². The number of aliphatic hydroxyl groups excluding tert-OH is 1. The summed E-state index contributed by atoms with van der Waals surface area (Å²) >= 11 is 1.14. The zero-order chi connectivity index (χ0) is 26.5. The molecular formula is C29H36IN2O4S-. The molecule has 1 aromatic carbocycles. The van der Waals surface area contributed by atoms with Crippen molar-refractivity contribution in [2.45, 2.75) is 65.5 Å². The Morgan fingerprint density at radius 1 is 1.22 bits per heavy atom. The van der Waals surface area contributed by atoms with Crippen LogP contribution in [0.4, 0.5) is 0 Å². The molecule has 1 aliphatic carbocycles. The van der Waals surface area contributed by atoms with E-state index in [1.165, 1.54) is 0 Å². The Bertz CT molecular complexity index is 1160. The largest absolute Gasteiger partial charge is 0.0563 e. The van der Waals surface area contributed by atoms with E-state index in [2.05, 4.69) is 22.4 Å². The number of Topliss-reactive ketones (excluding diaryl/α,β-unsaturated/α-hetero) is 1. The molecule has 1 fully saturated rings. The minimum Gasteiger partial charge on any atom is -0.0563 e. The molecule has 2 aromatic rings. The van der Waals surface area contributed by atoms with E-state index in [4.69, 9.17) is 3.07 Å². The Hall–Kier alpha value is -2.04. The molecule has 6 nitrogen and oxygen atoms in total. The second-order valence-corrected chi connectivity index (χ2v) is 12.9. The summed E-state index contributed by atoms with van der Waals surface area (Å²) in [5, 5.41) is 13.5. The summed E-state index contributed by atoms with van der Waals surface area (Å²) in [6.45, 7) is 8.08. The molecule has 1 saturated carbocycles. The zero-order valence-corrected chi connectivity index (χ0v) is 24.8. The van der Waals surface area contributed by atoms with Crippen molar-refractivity contribution in [1.82, 2.24) is 10.3 Å². The van der Waals surface area contributed by atoms with Gasteiger partial charge in [0.15, 0.2) is 0 Å². The zero-order valence-electron chi connectivity index (χ0n) is 21.8. The van der Waals surface area contributed by atoms with Crippen molar-refractivity contribution >= 4 is 23.0 Å². The summed E-state index contributed by atoms with van der Waals surface area (Å²) in [6, 6.07) is 8.08. The first-order valence-electron chi connectivity index (χ1n) is 12.9. The van der Waals surface area contributed by atoms with E-state index in [-0.39, 0.29) is 41.4 Å². The number of halogens is 1. The number of aliphatic hydroxyl groups is 1. The van der Waals surface area contributed by atoms with Gasteiger partial charge in [0.1, 0.15) is 0 Å². The number of carbonyl (C=O) groups excluding carboxylic acids is 2. The summed E-state index contributed by atoms with van der Waals surface area (Å²) in [6.07, 6.45) is 5.38. The van der Waals surface area contributed by atoms with E-state index in [1.807, 2.05) is 61.6 Å². The van der Waals surface area contributed by atoms with Gasteiger partial charge in [-0.15, -0.1) is 11.3 Å². The molecular weight excluding hydrogens is 599 g/mol. The average molecular weight is 636 g/mol. The van der Waals surface area contributed by atoms with Gasteiger partial charge < -0.3 is 0 Å². The van der Waals surface area contributed by atoms with Crippen LogP contribution in [0.25, 0.3) is 10.4 Å². The van der Waals surface area contributed by atoms with E-state index in [0.717, 1.165) is 27.5 Å². The number of amides is 1. The first-order chi connectivity index (χ1) is 17.7. The van der Waals surface area contributed by atoms with Crippen LogP contribution in [0.2, 0.25) is 0 Å². The summed E-state index contributed by atoms with van der Waals surface area (Å²) < 4.78 is 7.88. The smallest absolute Gasteiger partial charge is 0.0531 e. The van der Waals surface area contributed by atoms with E-state index in [0.29, 0.717) is 25.7 Å². The summed E-state index contributed by atoms with van der Waals surface area (Å²) in [5.41, 5.74) is 5.02. The van der Waals surface area contributed by atoms with Gasteiger partial charge in [-0.1, -0.05) is 24.3 Å². The Morgan fingerprint density at radius 3 is 2.59 bits per heavy atom. The van der Waals surface area contributed by atoms with Crippen LogP contribution in [0.1, 0.15) is 63.8 Å². The van der Waals surface area contributed by atoms with Crippen LogP contribution >= 0.6 is 11.3 Å². The van der Waals surface area contributed by atoms with E-state index >= 15 is 0 Å². The van der Waals surface area contributed by atoms with Gasteiger partial charge in [0.25, 0.3) is 0 Å². The average Bonchev–Trinajstić information content (AvgIpc) is 3.48. The predicted octanol–water partition coefficient (Wildman–Crippen LogP) is 2.74. The second-order valence-electron chi connectivity index (χ2n) is 10.4. The van der Waals surface area contributed by atoms with Gasteiger partial charge in [-0.05, 0) is 12.5 Å². The van der Waals surface area contributed by atoms with Crippen molar-refractivity contribution < 1.29 is 39.4 Å². The number of nitrogens with zero attached hydrogens (tertiary/aromatic N) is 1. The van der Waals surface area contributed by atoms with Crippen molar-refractivity contribution in [3.63, 3.8) is 0 Å². The quantitative estimate of drug-likeness (QED) is 0.393. The van der Waals surface area contributed by atoms with Crippen molar-refractivity contribution in [2.75, 3.05) is 0 Å². The molecule has 0 bridgehead atoms. The number of nitrogens with one attached hydrogen (secondary N) is 1. The standard InChI is InChI=1S/C29H36IN2O4S/c1-17(2)27(26-6-5-13-30-36-26)25(34)12-11-22-14-23(33)15-24(22)29(35)32-18(3)20-7-9-21(10-8-20)28-19(4)31-16-37-28/h5-10,13,16-18,22-24,27,33H,11-12,14-15H2,1-4H3,(H,32,35)/q-1/t18-,22?,23-,24+,27+/m0/s1. The fourth-order valence-electron chi connectivity index (χ4n) is 5.40. The normalized spacial score (nSPS) is 23.1. The van der Waals surface area contributed by atoms with Crippen LogP contribution in [0.15, 0.2) is 51.8 Å². The number of aromatic nitrogens is 1. The van der Waals surface area contributed by atoms with Crippen LogP contribution in [0.3, 0.4) is 0 Å². The number of rotatable bonds is 10. The number of thiazole rings is 1. The molecule has 2 heterocycles. The van der Waals surface area contributed by atoms with Crippen molar-refractivity contribution in [3.8, 4) is 10.4 Å². The molecule has 5 atom stereocenters. The van der Waals surface area contributed by atoms with Crippen LogP contribution in [0.5, 0.6) is 0 Å². The number of hydrogen-bond acceptors (Lipinski definition) is 6. The molecule has 0 radical (unpaired) electrons. The third-order valence-corrected chi connectivity index (χ3v) is 9.83. The van der Waals surface area contributed by atoms with Crippen molar-refractivity contribution in [3.05, 3.63) is 63.0 Å². The van der Waals surface area contributed by atoms with E-state index in [1.54, 1.807) is 11.3 Å². The van der Waals surface area contributed by atoms with Crippen LogP contribution in [0, 0.1) is 30.6 Å². The van der Waals surface area contributed by atoms with E-state index < -0.39 is 27.7 Å². The first kappa shape index (κ1) is 28.0. The SMILES string of the molecule is Cc1ncsc1-c1ccc([C@H](C)NC(=O)[C@@H]2C[C@@H](O)CC2CCC(=O)[C@H](C2=CC=C[I-]O2)C(C)C)cc1. The maximum absolute atomic E-state index is 13.3. The number of hydrogen-bond donors (Lipinski definition) is 2. The van der Waals surface area contributed by atoms with Gasteiger partial charge in [0.05, 0.1) is 16.1 Å². The molecule has 1 unspecified atom stereocenters. The van der Waals surface area contributed by atoms with Gasteiger partial charge in [-0.3, -0.25) is 0 Å². The van der Waals surface area contributed by atoms with Crippen LogP contribution < -0.4 is 26.9 Å². The van der Waals surface area contributed by atoms with Gasteiger partial charge in [-0.2, -0.15) is 0 Å². The molecule has 1 aliphatic heterocycles. The third kappa shape index (κ3) is 6.89. The number of aryl methyl sites for hydroxylation is 1. The molecule has 1 aromatic heterocycles. The van der Waals surface area contributed by atoms with Crippen molar-refractivity contribution in [2.24, 2.45) is 23.7 Å². The molecule has 8 heteroatoms. The van der Waals surface area contributed by atoms with Crippen LogP contribution in [-0.4, -0.2) is 27.9 Å². The number of carbonyl (C=O) groups is 2. The minimum absolute atomic E-state index is 0.00998. The molecule has 0 saturated heterocycles. The topological polar surface area (TPSA) is 88.5 Å². The molecule has 1 amide bonds. The fourth-order valence-corrected chi connectivity index (χ4v) is 7.45. The Morgan fingerprint density at radius 2 is 1.97 bits per heavy atom. The number of benzene rings is 1. The molecule has 2 N–H and O–H groups in total. The maximum atomic E-state index is 13.3. The summed E-state index contributed by atoms with van der Waals surface area (Å²) in [7, 11) is 0. The Labute approximate surface area is 234 Å². The number of ketones is 1. The Kier molecular flexibility index (Phi) is 9.58. The van der Waals surface area contributed by atoms with Gasteiger partial charge in [-0.25, -0.2) is 4.98 Å². The second kappa shape index (κ2) is 12.7. The molecule has 200 valence electrons. The predicted molar refractivity (Wildman–Crippen MR) is 142 cm³/mol. The summed E-state index contributed by atoms with van der Waals surface area (Å²) in [5.74, 6) is 0.490. The Balaban J connectivity index is 1.36. The fraction of sp³-hybridized carbons (Fsp3) is 0.483. The van der Waals surface area contributed by atoms with Gasteiger partial charge >= 0.3 is 166 Å². The van der Waals surface area contributed by atoms with E-state index in [9.17, 15) is 14.7 Å². The monoisotopic (exact) mass is 635 g/mol. The number of allylic oxidation sites excluding steroid dienone is 3. The maximum Gasteiger partial charge on any atom is -0.0531 e. The first-order valence-corrected chi connectivity index (χ1v) is 15.9. The third-order valence-electron chi connectivity index (χ3n) is 7.38. The van der Waals surface area contributed by atoms with Crippen molar-refractivity contribution in [1.29, 1.82) is 0 Å². The van der Waals surface area contributed by atoms with Gasteiger partial charge in [0, 0.05) is 0 Å². The molecule has 2 aliphatic rings. The molecule has 0 spiro atoms. The minimum atomic E-state index is -0.506.